The van der Waals surface area contributed by atoms with Crippen LogP contribution in [0.2, 0.25) is 0 Å². The van der Waals surface area contributed by atoms with E-state index in [1.54, 1.807) is 0 Å². The quantitative estimate of drug-likeness (QED) is 0.407. The van der Waals surface area contributed by atoms with Gasteiger partial charge >= 0.3 is 0 Å². The zero-order chi connectivity index (χ0) is 16.8. The molecule has 0 radical (unpaired) electrons. The number of piperazine rings is 1. The van der Waals surface area contributed by atoms with Crippen LogP contribution >= 0.6 is 35.7 Å². The minimum atomic E-state index is 0. The number of aryl methyl sites for hydroxylation is 1. The lowest BCUT2D eigenvalue weighted by Crippen LogP contribution is -2.52. The molecule has 0 atom stereocenters. The third-order valence-corrected chi connectivity index (χ3v) is 5.88. The van der Waals surface area contributed by atoms with Crippen LogP contribution in [-0.2, 0) is 6.54 Å². The number of nitrogens with one attached hydrogen (secondary N) is 1. The van der Waals surface area contributed by atoms with Gasteiger partial charge in [0.25, 0.3) is 0 Å². The molecule has 3 rings (SSSR count). The van der Waals surface area contributed by atoms with Crippen molar-refractivity contribution in [3.8, 4) is 0 Å². The molecule has 0 bridgehead atoms. The molecule has 2 fully saturated rings. The molecule has 3 heterocycles. The Morgan fingerprint density at radius 1 is 1.32 bits per heavy atom. The Kier molecular flexibility index (Phi) is 8.84. The van der Waals surface area contributed by atoms with Crippen molar-refractivity contribution in [2.75, 3.05) is 51.3 Å². The fourth-order valence-electron chi connectivity index (χ4n) is 3.36. The molecule has 2 aliphatic heterocycles. The van der Waals surface area contributed by atoms with E-state index in [0.717, 1.165) is 62.6 Å². The van der Waals surface area contributed by atoms with Crippen LogP contribution in [0, 0.1) is 12.8 Å². The van der Waals surface area contributed by atoms with Crippen molar-refractivity contribution < 1.29 is 4.52 Å². The highest BCUT2D eigenvalue weighted by Crippen LogP contribution is 2.22. The second-order valence-electron chi connectivity index (χ2n) is 6.68. The van der Waals surface area contributed by atoms with E-state index >= 15 is 0 Å². The Balaban J connectivity index is 0.00000225. The molecule has 0 saturated carbocycles. The fourth-order valence-corrected chi connectivity index (χ4v) is 4.56. The molecular formula is C17H30IN5OS. The summed E-state index contributed by atoms with van der Waals surface area (Å²) in [5, 5.41) is 7.69. The summed E-state index contributed by atoms with van der Waals surface area (Å²) in [6, 6.07) is 2.02. The first-order chi connectivity index (χ1) is 11.7. The fraction of sp³-hybridized carbons (Fsp3) is 0.765. The van der Waals surface area contributed by atoms with Gasteiger partial charge in [0.05, 0.1) is 5.69 Å². The monoisotopic (exact) mass is 479 g/mol. The summed E-state index contributed by atoms with van der Waals surface area (Å²) < 4.78 is 5.15. The first kappa shape index (κ1) is 20.8. The van der Waals surface area contributed by atoms with Crippen LogP contribution in [-0.4, -0.2) is 72.2 Å². The predicted molar refractivity (Wildman–Crippen MR) is 115 cm³/mol. The van der Waals surface area contributed by atoms with Crippen molar-refractivity contribution in [3.63, 3.8) is 0 Å². The zero-order valence-corrected chi connectivity index (χ0v) is 18.4. The molecule has 1 aromatic rings. The second kappa shape index (κ2) is 10.6. The van der Waals surface area contributed by atoms with Gasteiger partial charge in [-0.15, -0.1) is 24.0 Å². The first-order valence-electron chi connectivity index (χ1n) is 8.92. The molecule has 2 saturated heterocycles. The molecule has 0 amide bonds. The summed E-state index contributed by atoms with van der Waals surface area (Å²) >= 11 is 2.08. The van der Waals surface area contributed by atoms with Crippen LogP contribution in [0.5, 0.6) is 0 Å². The third kappa shape index (κ3) is 6.32. The Hall–Kier alpha value is -0.480. The van der Waals surface area contributed by atoms with E-state index in [2.05, 4.69) is 37.0 Å². The highest BCUT2D eigenvalue weighted by Gasteiger charge is 2.21. The van der Waals surface area contributed by atoms with Crippen LogP contribution < -0.4 is 5.32 Å². The zero-order valence-electron chi connectivity index (χ0n) is 15.2. The molecular weight excluding hydrogens is 449 g/mol. The predicted octanol–water partition coefficient (Wildman–Crippen LogP) is 2.44. The number of hydrogen-bond acceptors (Lipinski definition) is 5. The topological polar surface area (TPSA) is 56.9 Å². The smallest absolute Gasteiger partial charge is 0.193 e. The molecule has 0 spiro atoms. The van der Waals surface area contributed by atoms with Gasteiger partial charge in [-0.1, -0.05) is 5.16 Å². The van der Waals surface area contributed by atoms with Crippen molar-refractivity contribution in [2.45, 2.75) is 26.3 Å². The van der Waals surface area contributed by atoms with Crippen LogP contribution in [0.1, 0.15) is 24.3 Å². The summed E-state index contributed by atoms with van der Waals surface area (Å²) in [6.45, 7) is 7.96. The Morgan fingerprint density at radius 2 is 2.04 bits per heavy atom. The molecule has 0 aliphatic carbocycles. The molecule has 8 heteroatoms. The van der Waals surface area contributed by atoms with E-state index in [9.17, 15) is 0 Å². The van der Waals surface area contributed by atoms with Crippen LogP contribution in [0.4, 0.5) is 0 Å². The number of aliphatic imine (C=N–C) groups is 1. The maximum atomic E-state index is 5.15. The van der Waals surface area contributed by atoms with E-state index in [1.807, 2.05) is 20.0 Å². The van der Waals surface area contributed by atoms with Gasteiger partial charge < -0.3 is 14.7 Å². The Labute approximate surface area is 172 Å². The first-order valence-corrected chi connectivity index (χ1v) is 10.1. The van der Waals surface area contributed by atoms with Crippen molar-refractivity contribution in [2.24, 2.45) is 10.9 Å². The molecule has 2 aliphatic rings. The van der Waals surface area contributed by atoms with E-state index in [1.165, 1.54) is 24.3 Å². The number of nitrogens with zero attached hydrogens (tertiary/aromatic N) is 4. The van der Waals surface area contributed by atoms with Crippen LogP contribution in [0.3, 0.4) is 0 Å². The lowest BCUT2D eigenvalue weighted by Gasteiger charge is -2.36. The minimum absolute atomic E-state index is 0. The largest absolute Gasteiger partial charge is 0.361 e. The molecule has 0 aromatic carbocycles. The number of aromatic nitrogens is 1. The average Bonchev–Trinajstić information content (AvgIpc) is 3.02. The molecule has 0 unspecified atom stereocenters. The summed E-state index contributed by atoms with van der Waals surface area (Å²) in [4.78, 5) is 9.30. The summed E-state index contributed by atoms with van der Waals surface area (Å²) in [5.41, 5.74) is 1.03. The van der Waals surface area contributed by atoms with E-state index in [4.69, 9.17) is 4.52 Å². The van der Waals surface area contributed by atoms with Gasteiger partial charge in [0.15, 0.2) is 5.96 Å². The lowest BCUT2D eigenvalue weighted by molar-refractivity contribution is 0.168. The number of guanidine groups is 1. The lowest BCUT2D eigenvalue weighted by atomic mass is 10.0. The summed E-state index contributed by atoms with van der Waals surface area (Å²) in [5.74, 6) is 5.37. The van der Waals surface area contributed by atoms with Crippen molar-refractivity contribution in [1.29, 1.82) is 0 Å². The van der Waals surface area contributed by atoms with E-state index < -0.39 is 0 Å². The summed E-state index contributed by atoms with van der Waals surface area (Å²) in [7, 11) is 1.89. The molecule has 142 valence electrons. The number of halogens is 1. The second-order valence-corrected chi connectivity index (χ2v) is 7.90. The summed E-state index contributed by atoms with van der Waals surface area (Å²) in [6.07, 6.45) is 2.67. The van der Waals surface area contributed by atoms with Crippen molar-refractivity contribution in [3.05, 3.63) is 17.5 Å². The number of rotatable bonds is 4. The van der Waals surface area contributed by atoms with E-state index in [0.29, 0.717) is 0 Å². The Bertz CT molecular complexity index is 539. The van der Waals surface area contributed by atoms with Gasteiger partial charge in [-0.25, -0.2) is 0 Å². The van der Waals surface area contributed by atoms with Gasteiger partial charge in [-0.2, -0.15) is 11.8 Å². The maximum absolute atomic E-state index is 5.15. The Morgan fingerprint density at radius 3 is 2.64 bits per heavy atom. The number of thioether (sulfide) groups is 1. The highest BCUT2D eigenvalue weighted by atomic mass is 127. The van der Waals surface area contributed by atoms with Gasteiger partial charge in [0, 0.05) is 52.4 Å². The van der Waals surface area contributed by atoms with Gasteiger partial charge in [-0.05, 0) is 37.2 Å². The minimum Gasteiger partial charge on any atom is -0.361 e. The number of hydrogen-bond donors (Lipinski definition) is 1. The highest BCUT2D eigenvalue weighted by molar-refractivity contribution is 14.0. The van der Waals surface area contributed by atoms with E-state index in [-0.39, 0.29) is 24.0 Å². The van der Waals surface area contributed by atoms with Crippen LogP contribution in [0.15, 0.2) is 15.6 Å². The van der Waals surface area contributed by atoms with Crippen molar-refractivity contribution in [1.82, 2.24) is 20.3 Å². The molecule has 1 aromatic heterocycles. The maximum Gasteiger partial charge on any atom is 0.193 e. The van der Waals surface area contributed by atoms with Gasteiger partial charge in [-0.3, -0.25) is 9.89 Å². The van der Waals surface area contributed by atoms with Gasteiger partial charge in [0.1, 0.15) is 5.76 Å². The molecule has 1 N–H and O–H groups in total. The third-order valence-electron chi connectivity index (χ3n) is 4.84. The van der Waals surface area contributed by atoms with Gasteiger partial charge in [0.2, 0.25) is 0 Å². The normalized spacial score (nSPS) is 20.4. The van der Waals surface area contributed by atoms with Crippen LogP contribution in [0.25, 0.3) is 0 Å². The molecule has 25 heavy (non-hydrogen) atoms. The molecule has 6 nitrogen and oxygen atoms in total. The van der Waals surface area contributed by atoms with Crippen molar-refractivity contribution >= 4 is 41.7 Å². The average molecular weight is 479 g/mol. The standard InChI is InChI=1S/C17H29N5OS.HI/c1-14-11-16(20-23-14)13-21-5-7-22(8-6-21)17(18-2)19-12-15-3-9-24-10-4-15;/h11,15H,3-10,12-13H2,1-2H3,(H,18,19);1H. The SMILES string of the molecule is CN=C(NCC1CCSCC1)N1CCN(Cc2cc(C)on2)CC1.I.